The fourth-order valence-electron chi connectivity index (χ4n) is 1.60. The third kappa shape index (κ3) is 2.24. The largest absolute Gasteiger partial charge is 0.391 e. The Balaban J connectivity index is 1.92. The Bertz CT molecular complexity index is 364. The predicted molar refractivity (Wildman–Crippen MR) is 51.6 cm³/mol. The number of hydrogen-bond acceptors (Lipinski definition) is 5. The van der Waals surface area contributed by atoms with Crippen molar-refractivity contribution < 1.29 is 9.90 Å². The van der Waals surface area contributed by atoms with Gasteiger partial charge in [-0.25, -0.2) is 4.68 Å². The number of aliphatic hydroxyl groups is 1. The Labute approximate surface area is 86.5 Å². The van der Waals surface area contributed by atoms with Crippen molar-refractivity contribution in [3.63, 3.8) is 0 Å². The second kappa shape index (κ2) is 3.85. The van der Waals surface area contributed by atoms with Crippen LogP contribution in [0.15, 0.2) is 6.20 Å². The number of rotatable bonds is 2. The number of β-amino-alcohol motifs (C(OH)–C–C–N with tert-alkyl or cyclic N) is 1. The quantitative estimate of drug-likeness (QED) is 0.617. The van der Waals surface area contributed by atoms with Gasteiger partial charge >= 0.3 is 0 Å². The molecule has 1 aliphatic heterocycles. The first kappa shape index (κ1) is 9.91. The van der Waals surface area contributed by atoms with E-state index in [1.807, 2.05) is 0 Å². The summed E-state index contributed by atoms with van der Waals surface area (Å²) in [5.41, 5.74) is 5.37. The van der Waals surface area contributed by atoms with E-state index in [4.69, 9.17) is 5.73 Å². The van der Waals surface area contributed by atoms with E-state index in [1.165, 1.54) is 10.9 Å². The lowest BCUT2D eigenvalue weighted by atomic mass is 10.3. The molecule has 0 bridgehead atoms. The Morgan fingerprint density at radius 2 is 2.53 bits per heavy atom. The number of anilines is 1. The first-order chi connectivity index (χ1) is 7.15. The van der Waals surface area contributed by atoms with Crippen LogP contribution in [-0.4, -0.2) is 50.1 Å². The Hall–Kier alpha value is -1.63. The second-order valence-corrected chi connectivity index (χ2v) is 3.62. The molecule has 3 N–H and O–H groups in total. The van der Waals surface area contributed by atoms with Crippen molar-refractivity contribution in [1.29, 1.82) is 0 Å². The smallest absolute Gasteiger partial charge is 0.244 e. The maximum absolute atomic E-state index is 11.7. The molecule has 15 heavy (non-hydrogen) atoms. The molecular weight excluding hydrogens is 198 g/mol. The normalized spacial score (nSPS) is 20.9. The molecule has 0 spiro atoms. The molecule has 1 aliphatic rings. The first-order valence-corrected chi connectivity index (χ1v) is 4.76. The molecule has 0 radical (unpaired) electrons. The third-order valence-electron chi connectivity index (χ3n) is 2.37. The van der Waals surface area contributed by atoms with Crippen LogP contribution >= 0.6 is 0 Å². The van der Waals surface area contributed by atoms with Crippen LogP contribution < -0.4 is 5.73 Å². The molecule has 1 saturated heterocycles. The molecule has 0 aliphatic carbocycles. The number of nitrogens with two attached hydrogens (primary N) is 1. The van der Waals surface area contributed by atoms with Crippen molar-refractivity contribution in [3.05, 3.63) is 6.20 Å². The van der Waals surface area contributed by atoms with Gasteiger partial charge in [0.1, 0.15) is 6.54 Å². The zero-order valence-electron chi connectivity index (χ0n) is 8.20. The lowest BCUT2D eigenvalue weighted by Crippen LogP contribution is -2.32. The van der Waals surface area contributed by atoms with Crippen LogP contribution in [0.4, 0.5) is 5.82 Å². The maximum atomic E-state index is 11.7. The molecular formula is C8H13N5O2. The zero-order valence-corrected chi connectivity index (χ0v) is 8.20. The van der Waals surface area contributed by atoms with Crippen molar-refractivity contribution in [2.45, 2.75) is 19.1 Å². The number of hydrogen-bond donors (Lipinski definition) is 2. The minimum absolute atomic E-state index is 0.0727. The highest BCUT2D eigenvalue weighted by atomic mass is 16.3. The Morgan fingerprint density at radius 3 is 3.07 bits per heavy atom. The van der Waals surface area contributed by atoms with Crippen LogP contribution in [0.3, 0.4) is 0 Å². The zero-order chi connectivity index (χ0) is 10.8. The van der Waals surface area contributed by atoms with E-state index in [9.17, 15) is 9.90 Å². The number of carbonyl (C=O) groups is 1. The van der Waals surface area contributed by atoms with E-state index >= 15 is 0 Å². The van der Waals surface area contributed by atoms with Gasteiger partial charge in [-0.15, -0.1) is 5.10 Å². The molecule has 7 nitrogen and oxygen atoms in total. The van der Waals surface area contributed by atoms with Gasteiger partial charge in [-0.3, -0.25) is 4.79 Å². The molecule has 2 rings (SSSR count). The maximum Gasteiger partial charge on any atom is 0.244 e. The van der Waals surface area contributed by atoms with Gasteiger partial charge in [-0.05, 0) is 6.42 Å². The fraction of sp³-hybridized carbons (Fsp3) is 0.625. The Kier molecular flexibility index (Phi) is 2.55. The van der Waals surface area contributed by atoms with E-state index < -0.39 is 6.10 Å². The van der Waals surface area contributed by atoms with E-state index in [-0.39, 0.29) is 12.5 Å². The van der Waals surface area contributed by atoms with Gasteiger partial charge in [-0.2, -0.15) is 0 Å². The number of aliphatic hydroxyl groups excluding tert-OH is 1. The summed E-state index contributed by atoms with van der Waals surface area (Å²) < 4.78 is 1.39. The highest BCUT2D eigenvalue weighted by Gasteiger charge is 2.24. The lowest BCUT2D eigenvalue weighted by molar-refractivity contribution is -0.131. The van der Waals surface area contributed by atoms with Gasteiger partial charge in [0, 0.05) is 13.1 Å². The Morgan fingerprint density at radius 1 is 1.73 bits per heavy atom. The molecule has 0 aromatic carbocycles. The molecule has 82 valence electrons. The van der Waals surface area contributed by atoms with Gasteiger partial charge in [-0.1, -0.05) is 5.21 Å². The summed E-state index contributed by atoms with van der Waals surface area (Å²) in [6.45, 7) is 1.13. The van der Waals surface area contributed by atoms with Crippen molar-refractivity contribution in [2.24, 2.45) is 0 Å². The number of carbonyl (C=O) groups excluding carboxylic acids is 1. The summed E-state index contributed by atoms with van der Waals surface area (Å²) >= 11 is 0. The predicted octanol–water partition coefficient (Wildman–Crippen LogP) is -1.55. The number of nitrogen functional groups attached to an aromatic ring is 1. The molecule has 7 heteroatoms. The van der Waals surface area contributed by atoms with Crippen LogP contribution in [0.1, 0.15) is 6.42 Å². The van der Waals surface area contributed by atoms with Crippen molar-refractivity contribution >= 4 is 11.7 Å². The molecule has 1 amide bonds. The van der Waals surface area contributed by atoms with E-state index in [2.05, 4.69) is 10.3 Å². The summed E-state index contributed by atoms with van der Waals surface area (Å²) in [5, 5.41) is 16.5. The molecule has 1 aromatic rings. The van der Waals surface area contributed by atoms with Crippen molar-refractivity contribution in [3.8, 4) is 0 Å². The molecule has 1 unspecified atom stereocenters. The van der Waals surface area contributed by atoms with E-state index in [1.54, 1.807) is 4.90 Å². The summed E-state index contributed by atoms with van der Waals surface area (Å²) in [6, 6.07) is 0. The van der Waals surface area contributed by atoms with Crippen LogP contribution in [0.2, 0.25) is 0 Å². The molecule has 2 heterocycles. The van der Waals surface area contributed by atoms with E-state index in [0.717, 1.165) is 0 Å². The average molecular weight is 211 g/mol. The molecule has 1 atom stereocenters. The summed E-state index contributed by atoms with van der Waals surface area (Å²) in [6.07, 6.45) is 1.75. The third-order valence-corrected chi connectivity index (χ3v) is 2.37. The second-order valence-electron chi connectivity index (χ2n) is 3.62. The van der Waals surface area contributed by atoms with Crippen molar-refractivity contribution in [2.75, 3.05) is 18.8 Å². The van der Waals surface area contributed by atoms with E-state index in [0.29, 0.717) is 25.3 Å². The summed E-state index contributed by atoms with van der Waals surface area (Å²) in [7, 11) is 0. The molecule has 1 fully saturated rings. The highest BCUT2D eigenvalue weighted by molar-refractivity contribution is 5.76. The number of likely N-dealkylation sites (tertiary alicyclic amines) is 1. The minimum Gasteiger partial charge on any atom is -0.391 e. The minimum atomic E-state index is -0.394. The van der Waals surface area contributed by atoms with Gasteiger partial charge in [0.05, 0.1) is 12.3 Å². The van der Waals surface area contributed by atoms with Gasteiger partial charge < -0.3 is 15.7 Å². The fourth-order valence-corrected chi connectivity index (χ4v) is 1.60. The lowest BCUT2D eigenvalue weighted by Gasteiger charge is -2.14. The molecule has 0 saturated carbocycles. The standard InChI is InChI=1S/C8H13N5O2/c9-7-4-13(11-10-7)5-8(15)12-2-1-6(14)3-12/h4,6,14H,1-3,5,9H2. The van der Waals surface area contributed by atoms with Crippen molar-refractivity contribution in [1.82, 2.24) is 19.9 Å². The summed E-state index contributed by atoms with van der Waals surface area (Å²) in [4.78, 5) is 13.3. The van der Waals surface area contributed by atoms with Crippen LogP contribution in [0.5, 0.6) is 0 Å². The molecule has 1 aromatic heterocycles. The van der Waals surface area contributed by atoms with Crippen LogP contribution in [-0.2, 0) is 11.3 Å². The first-order valence-electron chi connectivity index (χ1n) is 4.76. The number of amides is 1. The number of aromatic nitrogens is 3. The number of nitrogens with zero attached hydrogens (tertiary/aromatic N) is 4. The van der Waals surface area contributed by atoms with Gasteiger partial charge in [0.2, 0.25) is 5.91 Å². The average Bonchev–Trinajstić information content (AvgIpc) is 2.75. The highest BCUT2D eigenvalue weighted by Crippen LogP contribution is 2.09. The van der Waals surface area contributed by atoms with Crippen LogP contribution in [0.25, 0.3) is 0 Å². The monoisotopic (exact) mass is 211 g/mol. The summed E-state index contributed by atoms with van der Waals surface area (Å²) in [5.74, 6) is 0.223. The van der Waals surface area contributed by atoms with Gasteiger partial charge in [0.25, 0.3) is 0 Å². The topological polar surface area (TPSA) is 97.3 Å². The van der Waals surface area contributed by atoms with Gasteiger partial charge in [0.15, 0.2) is 5.82 Å². The SMILES string of the molecule is Nc1cn(CC(=O)N2CCC(O)C2)nn1. The van der Waals surface area contributed by atoms with Crippen LogP contribution in [0, 0.1) is 0 Å².